The highest BCUT2D eigenvalue weighted by Crippen LogP contribution is 2.42. The molecule has 5 rings (SSSR count). The van der Waals surface area contributed by atoms with Gasteiger partial charge in [0.15, 0.2) is 5.50 Å². The number of phenolic OH excluding ortho intramolecular Hbond substituents is 1. The fourth-order valence-corrected chi connectivity index (χ4v) is 5.28. The van der Waals surface area contributed by atoms with Crippen molar-refractivity contribution in [1.82, 2.24) is 15.1 Å². The van der Waals surface area contributed by atoms with Gasteiger partial charge in [-0.1, -0.05) is 11.5 Å². The van der Waals surface area contributed by atoms with Gasteiger partial charge >= 0.3 is 0 Å². The summed E-state index contributed by atoms with van der Waals surface area (Å²) in [5, 5.41) is 57.5. The molecule has 3 amide bonds. The fraction of sp³-hybridized carbons (Fsp3) is 0.400. The number of morpholine rings is 1. The maximum absolute atomic E-state index is 15.4. The van der Waals surface area contributed by atoms with Crippen molar-refractivity contribution in [3.05, 3.63) is 46.3 Å². The van der Waals surface area contributed by atoms with Gasteiger partial charge < -0.3 is 35.6 Å². The van der Waals surface area contributed by atoms with Crippen LogP contribution < -0.4 is 21.6 Å². The minimum absolute atomic E-state index is 0.105. The van der Waals surface area contributed by atoms with E-state index in [4.69, 9.17) is 28.3 Å². The highest BCUT2D eigenvalue weighted by atomic mass is 19.1. The van der Waals surface area contributed by atoms with Crippen molar-refractivity contribution in [3.8, 4) is 5.75 Å². The summed E-state index contributed by atoms with van der Waals surface area (Å²) < 4.78 is 20.7. The van der Waals surface area contributed by atoms with Crippen LogP contribution in [0, 0.1) is 5.82 Å². The number of benzene rings is 2. The number of imide groups is 1. The Morgan fingerprint density at radius 1 is 1.02 bits per heavy atom. The first-order chi connectivity index (χ1) is 19.6. The molecule has 13 nitrogen and oxygen atoms in total. The number of fused-ring (bicyclic) bond motifs is 1. The number of aliphatic hydroxyl groups is 4. The number of anilines is 1. The lowest BCUT2D eigenvalue weighted by Gasteiger charge is -2.51. The van der Waals surface area contributed by atoms with Crippen LogP contribution in [0.2, 0.25) is 0 Å². The fourth-order valence-electron chi connectivity index (χ4n) is 5.28. The standard InChI is InChI=1S/C25H24B3FN4O9/c26-16-14(9-32-4-6-42-7-5-32)19(34)17(27)12(18(16)29)8-30-15-3-1-2-11-13(15)10-33(20(11)35)24(39)22(37)31-21(36)23(28,38)25(24,40)41/h1-3,30,34,38-41H,4-10H2,(H,31,36,37). The molecule has 0 spiro atoms. The van der Waals surface area contributed by atoms with Gasteiger partial charge in [0.25, 0.3) is 29.2 Å². The van der Waals surface area contributed by atoms with Gasteiger partial charge in [0.05, 0.1) is 19.8 Å². The number of carbonyl (C=O) groups excluding carboxylic acids is 3. The van der Waals surface area contributed by atoms with Crippen LogP contribution in [0.4, 0.5) is 10.1 Å². The predicted molar refractivity (Wildman–Crippen MR) is 145 cm³/mol. The van der Waals surface area contributed by atoms with E-state index in [0.29, 0.717) is 31.2 Å². The van der Waals surface area contributed by atoms with Crippen molar-refractivity contribution in [1.29, 1.82) is 0 Å². The molecule has 0 saturated carbocycles. The molecule has 17 heteroatoms. The molecule has 2 saturated heterocycles. The highest BCUT2D eigenvalue weighted by molar-refractivity contribution is 6.39. The smallest absolute Gasteiger partial charge is 0.286 e. The molecule has 2 fully saturated rings. The molecule has 0 aromatic heterocycles. The minimum Gasteiger partial charge on any atom is -0.508 e. The van der Waals surface area contributed by atoms with Crippen LogP contribution in [0.5, 0.6) is 5.75 Å². The van der Waals surface area contributed by atoms with Gasteiger partial charge in [-0.2, -0.15) is 0 Å². The first-order valence-corrected chi connectivity index (χ1v) is 12.7. The molecule has 3 aliphatic heterocycles. The maximum atomic E-state index is 15.4. The van der Waals surface area contributed by atoms with Crippen molar-refractivity contribution < 1.29 is 49.0 Å². The van der Waals surface area contributed by atoms with E-state index in [-0.39, 0.29) is 57.7 Å². The molecule has 214 valence electrons. The number of phenols is 1. The quantitative estimate of drug-likeness (QED) is 0.0996. The van der Waals surface area contributed by atoms with Gasteiger partial charge in [-0.25, -0.2) is 4.39 Å². The van der Waals surface area contributed by atoms with Crippen molar-refractivity contribution in [2.45, 2.75) is 36.6 Å². The Kier molecular flexibility index (Phi) is 7.40. The molecular formula is C25H24B3FN4O9. The predicted octanol–water partition coefficient (Wildman–Crippen LogP) is -4.60. The van der Waals surface area contributed by atoms with Gasteiger partial charge in [0.1, 0.15) is 35.1 Å². The normalized spacial score (nSPS) is 25.8. The largest absolute Gasteiger partial charge is 0.508 e. The summed E-state index contributed by atoms with van der Waals surface area (Å²) >= 11 is 0. The van der Waals surface area contributed by atoms with Crippen molar-refractivity contribution >= 4 is 57.9 Å². The van der Waals surface area contributed by atoms with E-state index in [9.17, 15) is 39.9 Å². The minimum atomic E-state index is -4.03. The Hall–Kier alpha value is -3.47. The van der Waals surface area contributed by atoms with Crippen LogP contribution in [-0.4, -0.2) is 120 Å². The Bertz CT molecular complexity index is 1470. The molecule has 2 unspecified atom stereocenters. The number of ether oxygens (including phenoxy) is 1. The Morgan fingerprint density at radius 3 is 2.36 bits per heavy atom. The van der Waals surface area contributed by atoms with E-state index in [1.807, 2.05) is 4.90 Å². The third-order valence-electron chi connectivity index (χ3n) is 7.90. The number of amides is 3. The topological polar surface area (TPSA) is 192 Å². The average Bonchev–Trinajstić information content (AvgIpc) is 3.30. The molecule has 6 radical (unpaired) electrons. The summed E-state index contributed by atoms with van der Waals surface area (Å²) in [6.45, 7) is 1.26. The SMILES string of the molecule is [B]c1c(F)c(CNc2cccc3c2CN(C2(O)C(=O)NC(=O)C([B])(O)C2(O)O)C3=O)c([B])c(O)c1CN1CCOCC1. The summed E-state index contributed by atoms with van der Waals surface area (Å²) in [4.78, 5) is 40.0. The van der Waals surface area contributed by atoms with Gasteiger partial charge in [-0.3, -0.25) is 29.5 Å². The number of rotatable bonds is 6. The van der Waals surface area contributed by atoms with Crippen LogP contribution in [0.3, 0.4) is 0 Å². The molecule has 2 aromatic carbocycles. The molecule has 7 N–H and O–H groups in total. The summed E-state index contributed by atoms with van der Waals surface area (Å²) in [6.07, 6.45) is 0. The van der Waals surface area contributed by atoms with Gasteiger partial charge in [0, 0.05) is 54.1 Å². The zero-order chi connectivity index (χ0) is 30.8. The van der Waals surface area contributed by atoms with Crippen molar-refractivity contribution in [2.75, 3.05) is 31.6 Å². The summed E-state index contributed by atoms with van der Waals surface area (Å²) in [5.74, 6) is -9.79. The molecule has 0 bridgehead atoms. The molecule has 3 aliphatic rings. The van der Waals surface area contributed by atoms with Gasteiger partial charge in [-0.05, 0) is 17.6 Å². The third kappa shape index (κ3) is 4.30. The van der Waals surface area contributed by atoms with E-state index in [1.54, 1.807) is 0 Å². The van der Waals surface area contributed by atoms with Crippen LogP contribution >= 0.6 is 0 Å². The molecular weight excluding hydrogens is 552 g/mol. The second-order valence-corrected chi connectivity index (χ2v) is 10.3. The lowest BCUT2D eigenvalue weighted by molar-refractivity contribution is -0.345. The number of piperidine rings is 1. The zero-order valence-electron chi connectivity index (χ0n) is 22.1. The molecule has 42 heavy (non-hydrogen) atoms. The van der Waals surface area contributed by atoms with Crippen LogP contribution in [0.15, 0.2) is 18.2 Å². The monoisotopic (exact) mass is 576 g/mol. The van der Waals surface area contributed by atoms with E-state index >= 15 is 4.39 Å². The highest BCUT2D eigenvalue weighted by Gasteiger charge is 2.73. The maximum Gasteiger partial charge on any atom is 0.286 e. The van der Waals surface area contributed by atoms with Crippen LogP contribution in [0.1, 0.15) is 27.0 Å². The summed E-state index contributed by atoms with van der Waals surface area (Å²) in [5.41, 5.74) is -7.58. The van der Waals surface area contributed by atoms with Crippen LogP contribution in [-0.2, 0) is 34.0 Å². The molecule has 0 aliphatic carbocycles. The number of nitrogens with zero attached hydrogens (tertiary/aromatic N) is 2. The molecule has 3 heterocycles. The van der Waals surface area contributed by atoms with E-state index in [2.05, 4.69) is 5.32 Å². The van der Waals surface area contributed by atoms with Gasteiger partial charge in [-0.15, -0.1) is 0 Å². The van der Waals surface area contributed by atoms with E-state index in [1.165, 1.54) is 23.5 Å². The van der Waals surface area contributed by atoms with E-state index in [0.717, 1.165) is 0 Å². The van der Waals surface area contributed by atoms with Gasteiger partial charge in [0.2, 0.25) is 0 Å². The first kappa shape index (κ1) is 30.0. The summed E-state index contributed by atoms with van der Waals surface area (Å²) in [6, 6.07) is 4.19. The summed E-state index contributed by atoms with van der Waals surface area (Å²) in [7, 11) is 17.4. The van der Waals surface area contributed by atoms with Crippen LogP contribution in [0.25, 0.3) is 0 Å². The third-order valence-corrected chi connectivity index (χ3v) is 7.90. The number of aromatic hydroxyl groups is 1. The lowest BCUT2D eigenvalue weighted by atomic mass is 9.66. The number of hydrogen-bond donors (Lipinski definition) is 7. The number of hydrogen-bond acceptors (Lipinski definition) is 11. The number of carbonyl (C=O) groups is 3. The number of halogens is 1. The molecule has 2 aromatic rings. The second kappa shape index (κ2) is 10.4. The Balaban J connectivity index is 1.42. The zero-order valence-corrected chi connectivity index (χ0v) is 22.1. The van der Waals surface area contributed by atoms with Crippen molar-refractivity contribution in [3.63, 3.8) is 0 Å². The Morgan fingerprint density at radius 2 is 1.69 bits per heavy atom. The second-order valence-electron chi connectivity index (χ2n) is 10.3. The van der Waals surface area contributed by atoms with Crippen molar-refractivity contribution in [2.24, 2.45) is 0 Å². The van der Waals surface area contributed by atoms with E-state index < -0.39 is 47.1 Å². The number of nitrogens with one attached hydrogen (secondary N) is 2. The first-order valence-electron chi connectivity index (χ1n) is 12.7. The lowest BCUT2D eigenvalue weighted by Crippen LogP contribution is -2.85. The molecule has 2 atom stereocenters. The average molecular weight is 576 g/mol. The Labute approximate surface area is 242 Å².